The van der Waals surface area contributed by atoms with Gasteiger partial charge in [-0.3, -0.25) is 9.59 Å². The Labute approximate surface area is 119 Å². The molecular formula is C15H23N3O2. The van der Waals surface area contributed by atoms with Crippen molar-refractivity contribution >= 4 is 11.8 Å². The van der Waals surface area contributed by atoms with Gasteiger partial charge in [0.25, 0.3) is 0 Å². The number of hydrogen-bond donors (Lipinski definition) is 3. The lowest BCUT2D eigenvalue weighted by atomic mass is 9.92. The molecule has 0 aliphatic heterocycles. The van der Waals surface area contributed by atoms with Crippen LogP contribution in [0.3, 0.4) is 0 Å². The normalized spacial score (nSPS) is 13.7. The maximum Gasteiger partial charge on any atom is 0.244 e. The Bertz CT molecular complexity index is 455. The summed E-state index contributed by atoms with van der Waals surface area (Å²) in [5, 5.41) is 5.30. The second-order valence-electron chi connectivity index (χ2n) is 5.45. The summed E-state index contributed by atoms with van der Waals surface area (Å²) in [5.74, 6) is -0.210. The molecule has 0 bridgehead atoms. The molecule has 0 aliphatic rings. The molecule has 0 heterocycles. The Morgan fingerprint density at radius 2 is 1.80 bits per heavy atom. The van der Waals surface area contributed by atoms with E-state index in [-0.39, 0.29) is 18.4 Å². The fraction of sp³-hybridized carbons (Fsp3) is 0.467. The standard InChI is InChI=1S/C15H23N3O2/c1-11(2)9-17-13(19)10-18-14(20)15(3,16)12-7-5-4-6-8-12/h4-8,11H,9-10,16H2,1-3H3,(H,17,19)(H,18,20). The first-order valence-electron chi connectivity index (χ1n) is 6.73. The van der Waals surface area contributed by atoms with E-state index in [4.69, 9.17) is 5.73 Å². The summed E-state index contributed by atoms with van der Waals surface area (Å²) in [6, 6.07) is 9.08. The summed E-state index contributed by atoms with van der Waals surface area (Å²) >= 11 is 0. The minimum Gasteiger partial charge on any atom is -0.354 e. The predicted molar refractivity (Wildman–Crippen MR) is 78.8 cm³/mol. The molecule has 110 valence electrons. The Morgan fingerprint density at radius 1 is 1.20 bits per heavy atom. The van der Waals surface area contributed by atoms with Crippen molar-refractivity contribution in [3.63, 3.8) is 0 Å². The SMILES string of the molecule is CC(C)CNC(=O)CNC(=O)C(C)(N)c1ccccc1. The molecule has 5 nitrogen and oxygen atoms in total. The van der Waals surface area contributed by atoms with Gasteiger partial charge in [-0.05, 0) is 18.4 Å². The number of nitrogens with two attached hydrogens (primary N) is 1. The van der Waals surface area contributed by atoms with E-state index in [2.05, 4.69) is 10.6 Å². The zero-order chi connectivity index (χ0) is 15.2. The summed E-state index contributed by atoms with van der Waals surface area (Å²) in [5.41, 5.74) is 5.60. The molecule has 0 spiro atoms. The van der Waals surface area contributed by atoms with E-state index in [1.807, 2.05) is 32.0 Å². The van der Waals surface area contributed by atoms with Crippen LogP contribution < -0.4 is 16.4 Å². The van der Waals surface area contributed by atoms with Crippen LogP contribution in [0.2, 0.25) is 0 Å². The van der Waals surface area contributed by atoms with Crippen LogP contribution in [0, 0.1) is 5.92 Å². The highest BCUT2D eigenvalue weighted by molar-refractivity contribution is 5.90. The molecule has 0 aliphatic carbocycles. The van der Waals surface area contributed by atoms with Crippen molar-refractivity contribution in [2.24, 2.45) is 11.7 Å². The number of carbonyl (C=O) groups excluding carboxylic acids is 2. The lowest BCUT2D eigenvalue weighted by Crippen LogP contribution is -2.51. The Morgan fingerprint density at radius 3 is 2.35 bits per heavy atom. The molecule has 0 radical (unpaired) electrons. The summed E-state index contributed by atoms with van der Waals surface area (Å²) in [4.78, 5) is 23.6. The van der Waals surface area contributed by atoms with E-state index in [9.17, 15) is 9.59 Å². The van der Waals surface area contributed by atoms with Gasteiger partial charge in [0.05, 0.1) is 6.54 Å². The molecule has 0 fully saturated rings. The largest absolute Gasteiger partial charge is 0.354 e. The van der Waals surface area contributed by atoms with Crippen LogP contribution in [0.4, 0.5) is 0 Å². The average Bonchev–Trinajstić information content (AvgIpc) is 2.43. The Kier molecular flexibility index (Phi) is 5.70. The first-order chi connectivity index (χ1) is 9.34. The van der Waals surface area contributed by atoms with E-state index in [0.29, 0.717) is 18.0 Å². The van der Waals surface area contributed by atoms with Crippen molar-refractivity contribution in [3.8, 4) is 0 Å². The number of benzene rings is 1. The van der Waals surface area contributed by atoms with Crippen LogP contribution in [0.15, 0.2) is 30.3 Å². The molecule has 1 aromatic rings. The average molecular weight is 277 g/mol. The number of amides is 2. The third kappa shape index (κ3) is 4.66. The van der Waals surface area contributed by atoms with Crippen molar-refractivity contribution in [2.45, 2.75) is 26.3 Å². The smallest absolute Gasteiger partial charge is 0.244 e. The third-order valence-corrected chi connectivity index (χ3v) is 2.96. The maximum atomic E-state index is 12.1. The second-order valence-corrected chi connectivity index (χ2v) is 5.45. The van der Waals surface area contributed by atoms with Crippen molar-refractivity contribution in [1.29, 1.82) is 0 Å². The molecule has 0 saturated heterocycles. The van der Waals surface area contributed by atoms with Crippen LogP contribution >= 0.6 is 0 Å². The first-order valence-corrected chi connectivity index (χ1v) is 6.73. The van der Waals surface area contributed by atoms with E-state index >= 15 is 0 Å². The zero-order valence-corrected chi connectivity index (χ0v) is 12.3. The van der Waals surface area contributed by atoms with Gasteiger partial charge in [0.1, 0.15) is 5.54 Å². The van der Waals surface area contributed by atoms with Crippen LogP contribution in [-0.2, 0) is 15.1 Å². The molecule has 1 atom stereocenters. The van der Waals surface area contributed by atoms with Gasteiger partial charge in [-0.25, -0.2) is 0 Å². The summed E-state index contributed by atoms with van der Waals surface area (Å²) in [6.45, 7) is 6.17. The molecule has 5 heteroatoms. The van der Waals surface area contributed by atoms with Gasteiger partial charge in [0.2, 0.25) is 11.8 Å². The van der Waals surface area contributed by atoms with Gasteiger partial charge >= 0.3 is 0 Å². The maximum absolute atomic E-state index is 12.1. The number of nitrogens with one attached hydrogen (secondary N) is 2. The summed E-state index contributed by atoms with van der Waals surface area (Å²) < 4.78 is 0. The topological polar surface area (TPSA) is 84.2 Å². The quantitative estimate of drug-likeness (QED) is 0.717. The molecule has 2 amide bonds. The molecule has 20 heavy (non-hydrogen) atoms. The third-order valence-electron chi connectivity index (χ3n) is 2.96. The molecule has 1 unspecified atom stereocenters. The monoisotopic (exact) mass is 277 g/mol. The number of carbonyl (C=O) groups is 2. The highest BCUT2D eigenvalue weighted by Crippen LogP contribution is 2.16. The second kappa shape index (κ2) is 7.05. The van der Waals surface area contributed by atoms with E-state index in [1.165, 1.54) is 0 Å². The minimum absolute atomic E-state index is 0.0643. The zero-order valence-electron chi connectivity index (χ0n) is 12.3. The van der Waals surface area contributed by atoms with Crippen LogP contribution in [-0.4, -0.2) is 24.9 Å². The number of hydrogen-bond acceptors (Lipinski definition) is 3. The highest BCUT2D eigenvalue weighted by atomic mass is 16.2. The Hall–Kier alpha value is -1.88. The predicted octanol–water partition coefficient (Wildman–Crippen LogP) is 0.749. The molecule has 4 N–H and O–H groups in total. The number of rotatable bonds is 6. The summed E-state index contributed by atoms with van der Waals surface area (Å²) in [7, 11) is 0. The fourth-order valence-corrected chi connectivity index (χ4v) is 1.64. The van der Waals surface area contributed by atoms with Crippen LogP contribution in [0.5, 0.6) is 0 Å². The Balaban J connectivity index is 2.52. The summed E-state index contributed by atoms with van der Waals surface area (Å²) in [6.07, 6.45) is 0. The molecule has 1 rings (SSSR count). The molecule has 0 aromatic heterocycles. The van der Waals surface area contributed by atoms with Crippen molar-refractivity contribution in [1.82, 2.24) is 10.6 Å². The minimum atomic E-state index is -1.15. The van der Waals surface area contributed by atoms with Gasteiger partial charge in [-0.1, -0.05) is 44.2 Å². The van der Waals surface area contributed by atoms with Crippen molar-refractivity contribution in [2.75, 3.05) is 13.1 Å². The first kappa shape index (κ1) is 16.2. The lowest BCUT2D eigenvalue weighted by Gasteiger charge is -2.24. The molecule has 0 saturated carbocycles. The van der Waals surface area contributed by atoms with Gasteiger partial charge in [0.15, 0.2) is 0 Å². The van der Waals surface area contributed by atoms with Crippen molar-refractivity contribution < 1.29 is 9.59 Å². The molecular weight excluding hydrogens is 254 g/mol. The van der Waals surface area contributed by atoms with Gasteiger partial charge < -0.3 is 16.4 Å². The highest BCUT2D eigenvalue weighted by Gasteiger charge is 2.30. The van der Waals surface area contributed by atoms with Gasteiger partial charge in [-0.15, -0.1) is 0 Å². The fourth-order valence-electron chi connectivity index (χ4n) is 1.64. The molecule has 1 aromatic carbocycles. The van der Waals surface area contributed by atoms with E-state index < -0.39 is 5.54 Å². The van der Waals surface area contributed by atoms with Crippen LogP contribution in [0.1, 0.15) is 26.3 Å². The van der Waals surface area contributed by atoms with Gasteiger partial charge in [-0.2, -0.15) is 0 Å². The lowest BCUT2D eigenvalue weighted by molar-refractivity contribution is -0.129. The van der Waals surface area contributed by atoms with Crippen LogP contribution in [0.25, 0.3) is 0 Å². The van der Waals surface area contributed by atoms with Crippen molar-refractivity contribution in [3.05, 3.63) is 35.9 Å². The van der Waals surface area contributed by atoms with Gasteiger partial charge in [0, 0.05) is 6.54 Å². The van der Waals surface area contributed by atoms with E-state index in [1.54, 1.807) is 19.1 Å². The van der Waals surface area contributed by atoms with E-state index in [0.717, 1.165) is 0 Å².